The van der Waals surface area contributed by atoms with E-state index in [4.69, 9.17) is 4.74 Å². The Morgan fingerprint density at radius 1 is 1.37 bits per heavy atom. The zero-order valence-electron chi connectivity index (χ0n) is 19.9. The van der Waals surface area contributed by atoms with Gasteiger partial charge in [0, 0.05) is 12.1 Å². The van der Waals surface area contributed by atoms with Gasteiger partial charge in [0.2, 0.25) is 0 Å². The first-order chi connectivity index (χ1) is 14.0. The first-order valence-corrected chi connectivity index (χ1v) is 11.4. The van der Waals surface area contributed by atoms with Gasteiger partial charge in [-0.15, -0.1) is 0 Å². The highest BCUT2D eigenvalue weighted by Crippen LogP contribution is 2.41. The van der Waals surface area contributed by atoms with Crippen LogP contribution in [0.5, 0.6) is 0 Å². The molecule has 0 fully saturated rings. The summed E-state index contributed by atoms with van der Waals surface area (Å²) >= 11 is 0. The molecule has 0 bridgehead atoms. The highest BCUT2D eigenvalue weighted by Gasteiger charge is 2.34. The highest BCUT2D eigenvalue weighted by molar-refractivity contribution is 5.99. The Morgan fingerprint density at radius 3 is 2.70 bits per heavy atom. The lowest BCUT2D eigenvalue weighted by molar-refractivity contribution is 0.0472. The van der Waals surface area contributed by atoms with E-state index in [1.165, 1.54) is 6.42 Å². The molecule has 0 aromatic carbocycles. The summed E-state index contributed by atoms with van der Waals surface area (Å²) in [6.45, 7) is 17.9. The molecular weight excluding hydrogens is 376 g/mol. The van der Waals surface area contributed by atoms with Crippen LogP contribution in [-0.4, -0.2) is 36.7 Å². The van der Waals surface area contributed by atoms with E-state index in [1.54, 1.807) is 5.57 Å². The van der Waals surface area contributed by atoms with Crippen molar-refractivity contribution in [2.75, 3.05) is 13.1 Å². The normalized spacial score (nSPS) is 23.9. The monoisotopic (exact) mass is 418 g/mol. The summed E-state index contributed by atoms with van der Waals surface area (Å²) in [7, 11) is 0. The Morgan fingerprint density at radius 2 is 2.10 bits per heavy atom. The molecule has 6 nitrogen and oxygen atoms in total. The maximum Gasteiger partial charge on any atom is 0.407 e. The van der Waals surface area contributed by atoms with Gasteiger partial charge in [-0.05, 0) is 84.1 Å². The number of hydrogen-bond acceptors (Lipinski definition) is 5. The predicted molar refractivity (Wildman–Crippen MR) is 124 cm³/mol. The van der Waals surface area contributed by atoms with Crippen molar-refractivity contribution >= 4 is 11.8 Å². The molecule has 6 heteroatoms. The minimum Gasteiger partial charge on any atom is -0.444 e. The Balaban J connectivity index is 1.77. The van der Waals surface area contributed by atoms with Crippen LogP contribution in [0.4, 0.5) is 4.79 Å². The standard InChI is InChI=1S/C24H42N4O2/c1-8-24(7,16-26-22(29)30-23(4,5)6)20-13-9-11-19(15-20)12-10-14-25-21-17(2)18(3)27-28-21/h11,20-21,25,28H,2,8-10,12-16H2,1,3-7H3,(H,26,29). The third-order valence-corrected chi connectivity index (χ3v) is 6.48. The summed E-state index contributed by atoms with van der Waals surface area (Å²) in [4.78, 5) is 12.1. The number of hydrazone groups is 1. The fourth-order valence-corrected chi connectivity index (χ4v) is 4.19. The van der Waals surface area contributed by atoms with Gasteiger partial charge in [0.15, 0.2) is 0 Å². The maximum atomic E-state index is 12.1. The number of carbonyl (C=O) groups excluding carboxylic acids is 1. The van der Waals surface area contributed by atoms with Gasteiger partial charge in [0.1, 0.15) is 11.8 Å². The molecule has 0 spiro atoms. The number of allylic oxidation sites excluding steroid dienone is 2. The van der Waals surface area contributed by atoms with Crippen LogP contribution < -0.4 is 16.1 Å². The molecule has 3 atom stereocenters. The Kier molecular flexibility index (Phi) is 8.53. The maximum absolute atomic E-state index is 12.1. The van der Waals surface area contributed by atoms with Crippen LogP contribution in [0.2, 0.25) is 0 Å². The second kappa shape index (κ2) is 10.5. The van der Waals surface area contributed by atoms with Crippen molar-refractivity contribution in [2.45, 2.75) is 91.8 Å². The van der Waals surface area contributed by atoms with Crippen molar-refractivity contribution in [2.24, 2.45) is 16.4 Å². The quantitative estimate of drug-likeness (QED) is 0.368. The molecular formula is C24H42N4O2. The lowest BCUT2D eigenvalue weighted by atomic mass is 9.68. The minimum absolute atomic E-state index is 0.0698. The van der Waals surface area contributed by atoms with E-state index in [9.17, 15) is 4.79 Å². The molecule has 3 unspecified atom stereocenters. The minimum atomic E-state index is -0.466. The summed E-state index contributed by atoms with van der Waals surface area (Å²) in [5, 5.41) is 10.7. The second-order valence-corrected chi connectivity index (χ2v) is 10.0. The van der Waals surface area contributed by atoms with Crippen molar-refractivity contribution in [3.63, 3.8) is 0 Å². The molecule has 1 aliphatic heterocycles. The smallest absolute Gasteiger partial charge is 0.407 e. The molecule has 0 aromatic rings. The first kappa shape index (κ1) is 24.4. The van der Waals surface area contributed by atoms with Crippen LogP contribution in [-0.2, 0) is 4.74 Å². The fourth-order valence-electron chi connectivity index (χ4n) is 4.19. The van der Waals surface area contributed by atoms with E-state index in [-0.39, 0.29) is 17.7 Å². The summed E-state index contributed by atoms with van der Waals surface area (Å²) < 4.78 is 5.42. The number of amides is 1. The molecule has 2 aliphatic rings. The SMILES string of the molecule is C=C1C(C)=NNC1NCCCC1=CCCC(C(C)(CC)CNC(=O)OC(C)(C)C)C1. The van der Waals surface area contributed by atoms with Crippen LogP contribution in [0.15, 0.2) is 28.9 Å². The van der Waals surface area contributed by atoms with Crippen LogP contribution in [0.3, 0.4) is 0 Å². The highest BCUT2D eigenvalue weighted by atomic mass is 16.6. The van der Waals surface area contributed by atoms with E-state index in [0.29, 0.717) is 12.5 Å². The number of rotatable bonds is 9. The third-order valence-electron chi connectivity index (χ3n) is 6.48. The number of nitrogens with zero attached hydrogens (tertiary/aromatic N) is 1. The molecule has 0 saturated carbocycles. The number of hydrogen-bond donors (Lipinski definition) is 3. The van der Waals surface area contributed by atoms with Gasteiger partial charge in [0.25, 0.3) is 0 Å². The largest absolute Gasteiger partial charge is 0.444 e. The number of carbonyl (C=O) groups is 1. The third kappa shape index (κ3) is 7.15. The molecule has 1 amide bonds. The number of alkyl carbamates (subject to hydrolysis) is 1. The van der Waals surface area contributed by atoms with Gasteiger partial charge < -0.3 is 10.1 Å². The lowest BCUT2D eigenvalue weighted by Crippen LogP contribution is -2.42. The summed E-state index contributed by atoms with van der Waals surface area (Å²) in [5.41, 5.74) is 6.26. The molecule has 0 radical (unpaired) electrons. The van der Waals surface area contributed by atoms with Crippen molar-refractivity contribution in [3.05, 3.63) is 23.8 Å². The van der Waals surface area contributed by atoms with Crippen LogP contribution >= 0.6 is 0 Å². The van der Waals surface area contributed by atoms with Crippen molar-refractivity contribution in [3.8, 4) is 0 Å². The van der Waals surface area contributed by atoms with E-state index < -0.39 is 5.60 Å². The molecule has 0 saturated heterocycles. The van der Waals surface area contributed by atoms with Gasteiger partial charge >= 0.3 is 6.09 Å². The summed E-state index contributed by atoms with van der Waals surface area (Å²) in [6.07, 6.45) is 8.86. The lowest BCUT2D eigenvalue weighted by Gasteiger charge is -2.40. The number of nitrogens with one attached hydrogen (secondary N) is 3. The molecule has 1 heterocycles. The van der Waals surface area contributed by atoms with Gasteiger partial charge in [-0.3, -0.25) is 10.7 Å². The molecule has 3 N–H and O–H groups in total. The van der Waals surface area contributed by atoms with E-state index in [0.717, 1.165) is 49.9 Å². The van der Waals surface area contributed by atoms with E-state index >= 15 is 0 Å². The number of ether oxygens (including phenoxy) is 1. The Hall–Kier alpha value is -1.82. The van der Waals surface area contributed by atoms with Gasteiger partial charge in [-0.2, -0.15) is 5.10 Å². The molecule has 0 aromatic heterocycles. The zero-order chi connectivity index (χ0) is 22.4. The molecule has 30 heavy (non-hydrogen) atoms. The fraction of sp³-hybridized carbons (Fsp3) is 0.750. The Bertz CT molecular complexity index is 677. The van der Waals surface area contributed by atoms with Gasteiger partial charge in [-0.25, -0.2) is 4.79 Å². The zero-order valence-corrected chi connectivity index (χ0v) is 19.9. The second-order valence-electron chi connectivity index (χ2n) is 10.0. The summed E-state index contributed by atoms with van der Waals surface area (Å²) in [5.74, 6) is 0.581. The predicted octanol–water partition coefficient (Wildman–Crippen LogP) is 4.89. The van der Waals surface area contributed by atoms with Crippen LogP contribution in [0.1, 0.15) is 80.1 Å². The van der Waals surface area contributed by atoms with Crippen molar-refractivity contribution in [1.82, 2.24) is 16.1 Å². The molecule has 2 rings (SSSR count). The topological polar surface area (TPSA) is 74.8 Å². The van der Waals surface area contributed by atoms with Crippen molar-refractivity contribution < 1.29 is 9.53 Å². The van der Waals surface area contributed by atoms with Crippen LogP contribution in [0, 0.1) is 11.3 Å². The van der Waals surface area contributed by atoms with Crippen LogP contribution in [0.25, 0.3) is 0 Å². The van der Waals surface area contributed by atoms with Gasteiger partial charge in [-0.1, -0.05) is 32.1 Å². The summed E-state index contributed by atoms with van der Waals surface area (Å²) in [6, 6.07) is 0. The van der Waals surface area contributed by atoms with E-state index in [2.05, 4.69) is 47.7 Å². The Labute approximate surface area is 183 Å². The molecule has 170 valence electrons. The average Bonchev–Trinajstić information content (AvgIpc) is 3.00. The molecule has 1 aliphatic carbocycles. The van der Waals surface area contributed by atoms with Gasteiger partial charge in [0.05, 0.1) is 5.71 Å². The van der Waals surface area contributed by atoms with Crippen molar-refractivity contribution in [1.29, 1.82) is 0 Å². The first-order valence-electron chi connectivity index (χ1n) is 11.4. The average molecular weight is 419 g/mol. The van der Waals surface area contributed by atoms with E-state index in [1.807, 2.05) is 27.7 Å².